The molecule has 0 aromatic carbocycles. The van der Waals surface area contributed by atoms with E-state index in [2.05, 4.69) is 12.2 Å². The maximum atomic E-state index is 12.3. The summed E-state index contributed by atoms with van der Waals surface area (Å²) in [6.07, 6.45) is 5.42. The van der Waals surface area contributed by atoms with Crippen molar-refractivity contribution in [3.05, 3.63) is 0 Å². The van der Waals surface area contributed by atoms with Crippen molar-refractivity contribution < 1.29 is 9.53 Å². The van der Waals surface area contributed by atoms with E-state index >= 15 is 0 Å². The molecular weight excluding hydrogens is 216 g/mol. The van der Waals surface area contributed by atoms with Gasteiger partial charge >= 0.3 is 0 Å². The standard InChI is InChI=1S/C13H24N2O2/c1-3-6-11-14-13(7-8-13)12(16)15(11)9-5-10-17-4-2/h11,14H,3-10H2,1-2H3. The van der Waals surface area contributed by atoms with Gasteiger partial charge in [-0.1, -0.05) is 13.3 Å². The molecule has 1 aliphatic carbocycles. The minimum atomic E-state index is -0.161. The van der Waals surface area contributed by atoms with Crippen LogP contribution in [0.4, 0.5) is 0 Å². The van der Waals surface area contributed by atoms with Crippen molar-refractivity contribution in [1.82, 2.24) is 10.2 Å². The third-order valence-electron chi connectivity index (χ3n) is 3.69. The number of rotatable bonds is 7. The molecule has 4 heteroatoms. The minimum Gasteiger partial charge on any atom is -0.382 e. The van der Waals surface area contributed by atoms with Crippen LogP contribution in [0.15, 0.2) is 0 Å². The predicted octanol–water partition coefficient (Wildman–Crippen LogP) is 1.50. The minimum absolute atomic E-state index is 0.161. The van der Waals surface area contributed by atoms with Crippen molar-refractivity contribution in [3.8, 4) is 0 Å². The number of hydrogen-bond acceptors (Lipinski definition) is 3. The molecule has 98 valence electrons. The highest BCUT2D eigenvalue weighted by Crippen LogP contribution is 2.42. The van der Waals surface area contributed by atoms with Gasteiger partial charge < -0.3 is 9.64 Å². The fraction of sp³-hybridized carbons (Fsp3) is 0.923. The first-order chi connectivity index (χ1) is 8.23. The number of hydrogen-bond donors (Lipinski definition) is 1. The number of nitrogens with zero attached hydrogens (tertiary/aromatic N) is 1. The van der Waals surface area contributed by atoms with E-state index in [1.54, 1.807) is 0 Å². The van der Waals surface area contributed by atoms with Gasteiger partial charge in [0.05, 0.1) is 11.7 Å². The Morgan fingerprint density at radius 3 is 2.82 bits per heavy atom. The summed E-state index contributed by atoms with van der Waals surface area (Å²) in [6.45, 7) is 6.52. The zero-order valence-corrected chi connectivity index (χ0v) is 11.0. The fourth-order valence-corrected chi connectivity index (χ4v) is 2.60. The summed E-state index contributed by atoms with van der Waals surface area (Å²) in [5.41, 5.74) is -0.161. The number of carbonyl (C=O) groups is 1. The van der Waals surface area contributed by atoms with Crippen LogP contribution in [0.2, 0.25) is 0 Å². The summed E-state index contributed by atoms with van der Waals surface area (Å²) < 4.78 is 5.33. The lowest BCUT2D eigenvalue weighted by molar-refractivity contribution is -0.131. The highest BCUT2D eigenvalue weighted by atomic mass is 16.5. The Balaban J connectivity index is 1.85. The second-order valence-corrected chi connectivity index (χ2v) is 5.08. The molecule has 1 heterocycles. The SMILES string of the molecule is CCCC1NC2(CC2)C(=O)N1CCCOCC. The zero-order chi connectivity index (χ0) is 12.3. The van der Waals surface area contributed by atoms with Crippen LogP contribution >= 0.6 is 0 Å². The number of ether oxygens (including phenoxy) is 1. The van der Waals surface area contributed by atoms with Gasteiger partial charge in [0.2, 0.25) is 5.91 Å². The molecule has 1 aliphatic heterocycles. The van der Waals surface area contributed by atoms with E-state index < -0.39 is 0 Å². The summed E-state index contributed by atoms with van der Waals surface area (Å²) in [7, 11) is 0. The fourth-order valence-electron chi connectivity index (χ4n) is 2.60. The number of carbonyl (C=O) groups excluding carboxylic acids is 1. The van der Waals surface area contributed by atoms with Gasteiger partial charge in [-0.2, -0.15) is 0 Å². The maximum Gasteiger partial charge on any atom is 0.244 e. The number of amides is 1. The number of nitrogens with one attached hydrogen (secondary N) is 1. The molecule has 0 aromatic heterocycles. The van der Waals surface area contributed by atoms with E-state index in [1.165, 1.54) is 0 Å². The van der Waals surface area contributed by atoms with Gasteiger partial charge in [-0.25, -0.2) is 0 Å². The molecule has 2 rings (SSSR count). The topological polar surface area (TPSA) is 41.6 Å². The van der Waals surface area contributed by atoms with Crippen LogP contribution in [0.1, 0.15) is 46.0 Å². The Bertz CT molecular complexity index is 277. The van der Waals surface area contributed by atoms with Crippen molar-refractivity contribution in [2.75, 3.05) is 19.8 Å². The Labute approximate surface area is 104 Å². The van der Waals surface area contributed by atoms with E-state index in [-0.39, 0.29) is 11.7 Å². The quantitative estimate of drug-likeness (QED) is 0.686. The molecular formula is C13H24N2O2. The third-order valence-corrected chi connectivity index (χ3v) is 3.69. The van der Waals surface area contributed by atoms with Crippen LogP contribution in [-0.2, 0) is 9.53 Å². The summed E-state index contributed by atoms with van der Waals surface area (Å²) in [5.74, 6) is 0.326. The molecule has 1 saturated carbocycles. The largest absolute Gasteiger partial charge is 0.382 e. The Morgan fingerprint density at radius 1 is 1.47 bits per heavy atom. The molecule has 1 N–H and O–H groups in total. The average Bonchev–Trinajstić information content (AvgIpc) is 3.04. The molecule has 0 radical (unpaired) electrons. The van der Waals surface area contributed by atoms with Gasteiger partial charge in [0, 0.05) is 19.8 Å². The van der Waals surface area contributed by atoms with Crippen molar-refractivity contribution >= 4 is 5.91 Å². The van der Waals surface area contributed by atoms with Crippen molar-refractivity contribution in [2.45, 2.75) is 57.7 Å². The highest BCUT2D eigenvalue weighted by molar-refractivity contribution is 5.91. The van der Waals surface area contributed by atoms with Crippen LogP contribution in [0.3, 0.4) is 0 Å². The van der Waals surface area contributed by atoms with E-state index in [0.717, 1.165) is 51.9 Å². The average molecular weight is 240 g/mol. The van der Waals surface area contributed by atoms with E-state index in [1.807, 2.05) is 11.8 Å². The van der Waals surface area contributed by atoms with Crippen molar-refractivity contribution in [1.29, 1.82) is 0 Å². The third kappa shape index (κ3) is 2.63. The van der Waals surface area contributed by atoms with Crippen LogP contribution < -0.4 is 5.32 Å². The second kappa shape index (κ2) is 5.36. The van der Waals surface area contributed by atoms with Gasteiger partial charge in [-0.05, 0) is 32.6 Å². The maximum absolute atomic E-state index is 12.3. The Morgan fingerprint density at radius 2 is 2.24 bits per heavy atom. The van der Waals surface area contributed by atoms with Gasteiger partial charge in [0.25, 0.3) is 0 Å². The second-order valence-electron chi connectivity index (χ2n) is 5.08. The highest BCUT2D eigenvalue weighted by Gasteiger charge is 2.58. The summed E-state index contributed by atoms with van der Waals surface area (Å²) >= 11 is 0. The zero-order valence-electron chi connectivity index (χ0n) is 11.0. The smallest absolute Gasteiger partial charge is 0.244 e. The molecule has 0 bridgehead atoms. The first-order valence-corrected chi connectivity index (χ1v) is 6.90. The molecule has 1 spiro atoms. The van der Waals surface area contributed by atoms with Gasteiger partial charge in [0.15, 0.2) is 0 Å². The Kier molecular flexibility index (Phi) is 4.05. The normalized spacial score (nSPS) is 25.9. The van der Waals surface area contributed by atoms with Gasteiger partial charge in [-0.15, -0.1) is 0 Å². The molecule has 1 atom stereocenters. The van der Waals surface area contributed by atoms with Crippen LogP contribution in [-0.4, -0.2) is 42.3 Å². The lowest BCUT2D eigenvalue weighted by Gasteiger charge is -2.23. The van der Waals surface area contributed by atoms with Crippen LogP contribution in [0, 0.1) is 0 Å². The molecule has 2 aliphatic rings. The molecule has 1 saturated heterocycles. The molecule has 0 aromatic rings. The van der Waals surface area contributed by atoms with Crippen LogP contribution in [0.25, 0.3) is 0 Å². The summed E-state index contributed by atoms with van der Waals surface area (Å²) in [6, 6.07) is 0. The monoisotopic (exact) mass is 240 g/mol. The van der Waals surface area contributed by atoms with E-state index in [4.69, 9.17) is 4.74 Å². The van der Waals surface area contributed by atoms with E-state index in [0.29, 0.717) is 5.91 Å². The molecule has 4 nitrogen and oxygen atoms in total. The predicted molar refractivity (Wildman–Crippen MR) is 66.6 cm³/mol. The lowest BCUT2D eigenvalue weighted by Crippen LogP contribution is -2.38. The first kappa shape index (κ1) is 12.8. The summed E-state index contributed by atoms with van der Waals surface area (Å²) in [5, 5.41) is 3.52. The van der Waals surface area contributed by atoms with Gasteiger partial charge in [0.1, 0.15) is 0 Å². The summed E-state index contributed by atoms with van der Waals surface area (Å²) in [4.78, 5) is 14.3. The van der Waals surface area contributed by atoms with E-state index in [9.17, 15) is 4.79 Å². The molecule has 1 amide bonds. The lowest BCUT2D eigenvalue weighted by atomic mass is 10.2. The van der Waals surface area contributed by atoms with Crippen LogP contribution in [0.5, 0.6) is 0 Å². The van der Waals surface area contributed by atoms with Gasteiger partial charge in [-0.3, -0.25) is 10.1 Å². The molecule has 17 heavy (non-hydrogen) atoms. The molecule has 2 fully saturated rings. The Hall–Kier alpha value is -0.610. The van der Waals surface area contributed by atoms with Crippen molar-refractivity contribution in [3.63, 3.8) is 0 Å². The molecule has 1 unspecified atom stereocenters. The first-order valence-electron chi connectivity index (χ1n) is 6.90. The van der Waals surface area contributed by atoms with Crippen molar-refractivity contribution in [2.24, 2.45) is 0 Å².